The first-order valence-corrected chi connectivity index (χ1v) is 5.36. The minimum Gasteiger partial charge on any atom is -0.198 e. The lowest BCUT2D eigenvalue weighted by molar-refractivity contribution is 1.23. The molecule has 1 aromatic rings. The third-order valence-electron chi connectivity index (χ3n) is 1.61. The summed E-state index contributed by atoms with van der Waals surface area (Å²) < 4.78 is 0. The Labute approximate surface area is 87.7 Å². The number of halogens is 1. The van der Waals surface area contributed by atoms with Crippen molar-refractivity contribution in [2.75, 3.05) is 5.75 Å². The van der Waals surface area contributed by atoms with Crippen molar-refractivity contribution in [3.05, 3.63) is 28.8 Å². The molecule has 3 heteroatoms. The Hall–Kier alpha value is -0.650. The highest BCUT2D eigenvalue weighted by atomic mass is 35.5. The molecule has 0 fully saturated rings. The molecule has 0 aromatic heterocycles. The summed E-state index contributed by atoms with van der Waals surface area (Å²) in [5.41, 5.74) is 1.09. The van der Waals surface area contributed by atoms with E-state index in [2.05, 4.69) is 6.07 Å². The van der Waals surface area contributed by atoms with Crippen LogP contribution in [0.5, 0.6) is 0 Å². The van der Waals surface area contributed by atoms with Crippen molar-refractivity contribution in [2.45, 2.75) is 18.2 Å². The highest BCUT2D eigenvalue weighted by molar-refractivity contribution is 7.99. The Morgan fingerprint density at radius 1 is 1.54 bits per heavy atom. The molecule has 0 spiro atoms. The van der Waals surface area contributed by atoms with E-state index in [1.54, 1.807) is 11.8 Å². The first-order chi connectivity index (χ1) is 6.24. The van der Waals surface area contributed by atoms with Crippen molar-refractivity contribution in [1.82, 2.24) is 0 Å². The fraction of sp³-hybridized carbons (Fsp3) is 0.300. The second-order valence-corrected chi connectivity index (χ2v) is 4.24. The second kappa shape index (κ2) is 5.16. The highest BCUT2D eigenvalue weighted by Crippen LogP contribution is 2.24. The van der Waals surface area contributed by atoms with Crippen LogP contribution in [0.4, 0.5) is 0 Å². The van der Waals surface area contributed by atoms with E-state index in [4.69, 9.17) is 16.9 Å². The van der Waals surface area contributed by atoms with Gasteiger partial charge in [0.1, 0.15) is 0 Å². The maximum Gasteiger partial charge on any atom is 0.0630 e. The lowest BCUT2D eigenvalue weighted by Gasteiger charge is -2.01. The molecule has 0 saturated carbocycles. The molecule has 1 aromatic carbocycles. The molecular formula is C10H10ClNS. The van der Waals surface area contributed by atoms with E-state index in [0.717, 1.165) is 16.3 Å². The van der Waals surface area contributed by atoms with Gasteiger partial charge in [-0.25, -0.2) is 0 Å². The molecule has 68 valence electrons. The summed E-state index contributed by atoms with van der Waals surface area (Å²) in [4.78, 5) is 1.18. The highest BCUT2D eigenvalue weighted by Gasteiger charge is 1.97. The summed E-state index contributed by atoms with van der Waals surface area (Å²) in [6.45, 7) is 1.98. The van der Waals surface area contributed by atoms with Gasteiger partial charge in [-0.15, -0.1) is 11.8 Å². The van der Waals surface area contributed by atoms with Gasteiger partial charge in [0, 0.05) is 22.1 Å². The van der Waals surface area contributed by atoms with Gasteiger partial charge >= 0.3 is 0 Å². The summed E-state index contributed by atoms with van der Waals surface area (Å²) in [6, 6.07) is 8.04. The van der Waals surface area contributed by atoms with Crippen molar-refractivity contribution in [3.8, 4) is 6.07 Å². The fourth-order valence-corrected chi connectivity index (χ4v) is 1.89. The van der Waals surface area contributed by atoms with E-state index < -0.39 is 0 Å². The first-order valence-electron chi connectivity index (χ1n) is 4.00. The summed E-state index contributed by atoms with van der Waals surface area (Å²) in [7, 11) is 0. The van der Waals surface area contributed by atoms with E-state index in [1.165, 1.54) is 4.90 Å². The van der Waals surface area contributed by atoms with Gasteiger partial charge in [0.2, 0.25) is 0 Å². The van der Waals surface area contributed by atoms with Crippen molar-refractivity contribution >= 4 is 23.4 Å². The molecule has 0 aliphatic carbocycles. The van der Waals surface area contributed by atoms with Crippen molar-refractivity contribution in [3.63, 3.8) is 0 Å². The topological polar surface area (TPSA) is 23.8 Å². The molecule has 0 amide bonds. The zero-order chi connectivity index (χ0) is 9.68. The number of thioether (sulfide) groups is 1. The van der Waals surface area contributed by atoms with Gasteiger partial charge in [-0.05, 0) is 30.7 Å². The number of rotatable bonds is 3. The average molecular weight is 212 g/mol. The number of nitrogens with zero attached hydrogens (tertiary/aromatic N) is 1. The number of benzene rings is 1. The van der Waals surface area contributed by atoms with Crippen LogP contribution in [0.1, 0.15) is 12.0 Å². The second-order valence-electron chi connectivity index (χ2n) is 2.67. The lowest BCUT2D eigenvalue weighted by atomic mass is 10.2. The van der Waals surface area contributed by atoms with Crippen molar-refractivity contribution in [2.24, 2.45) is 0 Å². The van der Waals surface area contributed by atoms with Crippen LogP contribution in [0.3, 0.4) is 0 Å². The quantitative estimate of drug-likeness (QED) is 0.563. The zero-order valence-corrected chi connectivity index (χ0v) is 8.95. The van der Waals surface area contributed by atoms with Crippen LogP contribution >= 0.6 is 23.4 Å². The van der Waals surface area contributed by atoms with Gasteiger partial charge in [0.25, 0.3) is 0 Å². The van der Waals surface area contributed by atoms with Gasteiger partial charge in [-0.1, -0.05) is 11.6 Å². The molecular weight excluding hydrogens is 202 g/mol. The van der Waals surface area contributed by atoms with E-state index in [-0.39, 0.29) is 0 Å². The number of aryl methyl sites for hydroxylation is 1. The van der Waals surface area contributed by atoms with Crippen LogP contribution in [0, 0.1) is 18.3 Å². The van der Waals surface area contributed by atoms with Gasteiger partial charge < -0.3 is 0 Å². The predicted octanol–water partition coefficient (Wildman–Crippen LogP) is 3.65. The SMILES string of the molecule is Cc1cc(SCCC#N)ccc1Cl. The molecule has 0 aliphatic rings. The maximum atomic E-state index is 8.36. The fourth-order valence-electron chi connectivity index (χ4n) is 0.921. The standard InChI is InChI=1S/C10H10ClNS/c1-8-7-9(3-4-10(8)11)13-6-2-5-12/h3-4,7H,2,6H2,1H3. The zero-order valence-electron chi connectivity index (χ0n) is 7.38. The molecule has 0 N–H and O–H groups in total. The lowest BCUT2D eigenvalue weighted by Crippen LogP contribution is -1.79. The first kappa shape index (κ1) is 10.4. The molecule has 0 unspecified atom stereocenters. The summed E-state index contributed by atoms with van der Waals surface area (Å²) in [5.74, 6) is 0.845. The van der Waals surface area contributed by atoms with Crippen LogP contribution in [0.2, 0.25) is 5.02 Å². The predicted molar refractivity (Wildman–Crippen MR) is 57.1 cm³/mol. The van der Waals surface area contributed by atoms with Gasteiger partial charge in [-0.3, -0.25) is 0 Å². The summed E-state index contributed by atoms with van der Waals surface area (Å²) in [5, 5.41) is 9.15. The van der Waals surface area contributed by atoms with Crippen LogP contribution in [-0.4, -0.2) is 5.75 Å². The normalized spacial score (nSPS) is 9.62. The smallest absolute Gasteiger partial charge is 0.0630 e. The Kier molecular flexibility index (Phi) is 4.14. The van der Waals surface area contributed by atoms with E-state index in [1.807, 2.05) is 25.1 Å². The molecule has 1 nitrogen and oxygen atoms in total. The molecule has 0 bridgehead atoms. The van der Waals surface area contributed by atoms with Crippen LogP contribution in [0.25, 0.3) is 0 Å². The number of hydrogen-bond donors (Lipinski definition) is 0. The Morgan fingerprint density at radius 2 is 2.31 bits per heavy atom. The minimum atomic E-state index is 0.590. The Morgan fingerprint density at radius 3 is 2.92 bits per heavy atom. The third kappa shape index (κ3) is 3.30. The van der Waals surface area contributed by atoms with Crippen LogP contribution in [0.15, 0.2) is 23.1 Å². The van der Waals surface area contributed by atoms with Crippen LogP contribution in [-0.2, 0) is 0 Å². The summed E-state index contributed by atoms with van der Waals surface area (Å²) >= 11 is 7.57. The molecule has 13 heavy (non-hydrogen) atoms. The molecule has 0 saturated heterocycles. The van der Waals surface area contributed by atoms with Crippen molar-refractivity contribution < 1.29 is 0 Å². The largest absolute Gasteiger partial charge is 0.198 e. The molecule has 0 atom stereocenters. The minimum absolute atomic E-state index is 0.590. The third-order valence-corrected chi connectivity index (χ3v) is 3.03. The average Bonchev–Trinajstić information content (AvgIpc) is 2.12. The maximum absolute atomic E-state index is 8.36. The monoisotopic (exact) mass is 211 g/mol. The number of nitriles is 1. The van der Waals surface area contributed by atoms with Crippen LogP contribution < -0.4 is 0 Å². The van der Waals surface area contributed by atoms with Gasteiger partial charge in [0.05, 0.1) is 6.07 Å². The Balaban J connectivity index is 2.59. The van der Waals surface area contributed by atoms with Crippen molar-refractivity contribution in [1.29, 1.82) is 5.26 Å². The Bertz CT molecular complexity index is 330. The molecule has 1 rings (SSSR count). The van der Waals surface area contributed by atoms with E-state index in [9.17, 15) is 0 Å². The molecule has 0 aliphatic heterocycles. The molecule has 0 heterocycles. The van der Waals surface area contributed by atoms with Gasteiger partial charge in [-0.2, -0.15) is 5.26 Å². The number of hydrogen-bond acceptors (Lipinski definition) is 2. The molecule has 0 radical (unpaired) electrons. The van der Waals surface area contributed by atoms with Gasteiger partial charge in [0.15, 0.2) is 0 Å². The van der Waals surface area contributed by atoms with E-state index in [0.29, 0.717) is 6.42 Å². The summed E-state index contributed by atoms with van der Waals surface area (Å²) in [6.07, 6.45) is 0.590. The van der Waals surface area contributed by atoms with E-state index >= 15 is 0 Å².